The first-order valence-electron chi connectivity index (χ1n) is 12.9. The van der Waals surface area contributed by atoms with Gasteiger partial charge in [0.1, 0.15) is 17.7 Å². The third kappa shape index (κ3) is 4.15. The monoisotopic (exact) mass is 517 g/mol. The normalized spacial score (nSPS) is 14.1. The van der Waals surface area contributed by atoms with E-state index in [0.29, 0.717) is 41.2 Å². The Kier molecular flexibility index (Phi) is 7.01. The molecule has 2 aromatic carbocycles. The maximum absolute atomic E-state index is 6.25. The number of nitrogen functional groups attached to an aromatic ring is 1. The third-order valence-corrected chi connectivity index (χ3v) is 7.99. The standard InChI is InChI=1S/C29H35N5O4/c1-18-27-28(30)31-17-32-34(27)26(33-18)16-29(19-8-6-7-9-19,20-10-12-22(35-2)24(14-20)37-4)21-11-13-23(36-3)25(15-21)38-5/h10-15,17,19H,6-9,16H2,1-5H3,(H2,30,31,32). The highest BCUT2D eigenvalue weighted by atomic mass is 16.5. The van der Waals surface area contributed by atoms with Crippen LogP contribution in [0.5, 0.6) is 23.0 Å². The maximum atomic E-state index is 6.25. The van der Waals surface area contributed by atoms with Gasteiger partial charge < -0.3 is 24.7 Å². The van der Waals surface area contributed by atoms with E-state index in [-0.39, 0.29) is 0 Å². The second-order valence-corrected chi connectivity index (χ2v) is 9.79. The summed E-state index contributed by atoms with van der Waals surface area (Å²) in [5, 5.41) is 4.56. The fourth-order valence-corrected chi connectivity index (χ4v) is 6.19. The number of aromatic nitrogens is 4. The third-order valence-electron chi connectivity index (χ3n) is 7.99. The van der Waals surface area contributed by atoms with Gasteiger partial charge in [-0.1, -0.05) is 25.0 Å². The van der Waals surface area contributed by atoms with Crippen LogP contribution in [0.2, 0.25) is 0 Å². The van der Waals surface area contributed by atoms with E-state index in [0.717, 1.165) is 41.0 Å². The van der Waals surface area contributed by atoms with E-state index in [2.05, 4.69) is 34.3 Å². The van der Waals surface area contributed by atoms with E-state index >= 15 is 0 Å². The molecule has 0 saturated heterocycles. The minimum Gasteiger partial charge on any atom is -0.493 e. The van der Waals surface area contributed by atoms with Gasteiger partial charge in [-0.2, -0.15) is 5.10 Å². The predicted molar refractivity (Wildman–Crippen MR) is 145 cm³/mol. The molecule has 2 aromatic heterocycles. The first-order valence-corrected chi connectivity index (χ1v) is 12.9. The molecule has 0 atom stereocenters. The van der Waals surface area contributed by atoms with Crippen LogP contribution in [-0.2, 0) is 11.8 Å². The molecule has 0 spiro atoms. The first kappa shape index (κ1) is 25.6. The highest BCUT2D eigenvalue weighted by Gasteiger charge is 2.45. The summed E-state index contributed by atoms with van der Waals surface area (Å²) in [5.74, 6) is 4.32. The van der Waals surface area contributed by atoms with Crippen molar-refractivity contribution in [3.63, 3.8) is 0 Å². The van der Waals surface area contributed by atoms with Crippen molar-refractivity contribution in [3.05, 3.63) is 65.4 Å². The number of benzene rings is 2. The van der Waals surface area contributed by atoms with Gasteiger partial charge in [-0.25, -0.2) is 14.5 Å². The molecule has 0 radical (unpaired) electrons. The molecule has 5 rings (SSSR count). The Hall–Kier alpha value is -4.01. The zero-order valence-electron chi connectivity index (χ0n) is 22.7. The molecule has 9 nitrogen and oxygen atoms in total. The molecule has 1 fully saturated rings. The number of hydrogen-bond acceptors (Lipinski definition) is 8. The van der Waals surface area contributed by atoms with Crippen LogP contribution >= 0.6 is 0 Å². The molecular formula is C29H35N5O4. The summed E-state index contributed by atoms with van der Waals surface area (Å²) in [5.41, 5.74) is 9.55. The molecule has 38 heavy (non-hydrogen) atoms. The molecule has 1 aliphatic carbocycles. The van der Waals surface area contributed by atoms with Crippen LogP contribution < -0.4 is 24.7 Å². The lowest BCUT2D eigenvalue weighted by molar-refractivity contribution is 0.307. The summed E-state index contributed by atoms with van der Waals surface area (Å²) in [6, 6.07) is 12.4. The summed E-state index contributed by atoms with van der Waals surface area (Å²) in [4.78, 5) is 9.18. The molecule has 2 N–H and O–H groups in total. The van der Waals surface area contributed by atoms with E-state index in [9.17, 15) is 0 Å². The van der Waals surface area contributed by atoms with Crippen LogP contribution in [0.15, 0.2) is 42.7 Å². The summed E-state index contributed by atoms with van der Waals surface area (Å²) in [6.45, 7) is 1.95. The van der Waals surface area contributed by atoms with Crippen LogP contribution in [-0.4, -0.2) is 48.0 Å². The van der Waals surface area contributed by atoms with Gasteiger partial charge in [0.15, 0.2) is 28.8 Å². The Balaban J connectivity index is 1.81. The van der Waals surface area contributed by atoms with Crippen LogP contribution in [0.4, 0.5) is 5.82 Å². The van der Waals surface area contributed by atoms with Gasteiger partial charge in [-0.3, -0.25) is 0 Å². The lowest BCUT2D eigenvalue weighted by atomic mass is 9.62. The van der Waals surface area contributed by atoms with Gasteiger partial charge in [0.25, 0.3) is 0 Å². The number of aryl methyl sites for hydroxylation is 1. The Labute approximate surface area is 222 Å². The molecule has 1 saturated carbocycles. The Morgan fingerprint density at radius 2 is 1.42 bits per heavy atom. The summed E-state index contributed by atoms with van der Waals surface area (Å²) < 4.78 is 24.5. The molecule has 0 bridgehead atoms. The average molecular weight is 518 g/mol. The SMILES string of the molecule is COc1ccc(C(Cc2nc(C)c3c(N)ncnn23)(c2ccc(OC)c(OC)c2)C2CCCC2)cc1OC. The van der Waals surface area contributed by atoms with Crippen molar-refractivity contribution in [2.24, 2.45) is 5.92 Å². The second-order valence-electron chi connectivity index (χ2n) is 9.79. The van der Waals surface area contributed by atoms with E-state index in [1.165, 1.54) is 19.2 Å². The van der Waals surface area contributed by atoms with Crippen molar-refractivity contribution in [1.29, 1.82) is 0 Å². The lowest BCUT2D eigenvalue weighted by Gasteiger charge is -2.41. The Bertz CT molecular complexity index is 1390. The largest absolute Gasteiger partial charge is 0.493 e. The van der Waals surface area contributed by atoms with E-state index < -0.39 is 5.41 Å². The van der Waals surface area contributed by atoms with Crippen molar-refractivity contribution in [2.75, 3.05) is 34.2 Å². The molecule has 0 aliphatic heterocycles. The number of nitrogens with two attached hydrogens (primary N) is 1. The molecule has 1 aliphatic rings. The number of anilines is 1. The Morgan fingerprint density at radius 3 is 1.95 bits per heavy atom. The van der Waals surface area contributed by atoms with Gasteiger partial charge in [-0.15, -0.1) is 0 Å². The summed E-state index contributed by atoms with van der Waals surface area (Å²) in [6.07, 6.45) is 6.59. The number of methoxy groups -OCH3 is 4. The zero-order valence-corrected chi connectivity index (χ0v) is 22.7. The minimum atomic E-state index is -0.469. The number of fused-ring (bicyclic) bond motifs is 1. The predicted octanol–water partition coefficient (Wildman–Crippen LogP) is 4.77. The minimum absolute atomic E-state index is 0.338. The highest BCUT2D eigenvalue weighted by Crippen LogP contribution is 2.51. The number of nitrogens with zero attached hydrogens (tertiary/aromatic N) is 4. The molecule has 2 heterocycles. The van der Waals surface area contributed by atoms with Gasteiger partial charge in [0, 0.05) is 11.8 Å². The van der Waals surface area contributed by atoms with Crippen LogP contribution in [0.25, 0.3) is 5.52 Å². The topological polar surface area (TPSA) is 106 Å². The molecular weight excluding hydrogens is 482 g/mol. The van der Waals surface area contributed by atoms with Crippen molar-refractivity contribution in [2.45, 2.75) is 44.4 Å². The number of hydrogen-bond donors (Lipinski definition) is 1. The van der Waals surface area contributed by atoms with Gasteiger partial charge in [0.05, 0.1) is 34.1 Å². The quantitative estimate of drug-likeness (QED) is 0.339. The molecule has 9 heteroatoms. The van der Waals surface area contributed by atoms with E-state index in [1.807, 2.05) is 23.6 Å². The highest BCUT2D eigenvalue weighted by molar-refractivity contribution is 5.68. The van der Waals surface area contributed by atoms with E-state index in [1.54, 1.807) is 28.4 Å². The molecule has 0 unspecified atom stereocenters. The van der Waals surface area contributed by atoms with Crippen LogP contribution in [0, 0.1) is 12.8 Å². The number of imidazole rings is 1. The summed E-state index contributed by atoms with van der Waals surface area (Å²) >= 11 is 0. The van der Waals surface area contributed by atoms with Crippen LogP contribution in [0.3, 0.4) is 0 Å². The molecule has 4 aromatic rings. The van der Waals surface area contributed by atoms with Crippen molar-refractivity contribution in [3.8, 4) is 23.0 Å². The first-order chi connectivity index (χ1) is 18.5. The average Bonchev–Trinajstić information content (AvgIpc) is 3.60. The smallest absolute Gasteiger partial charge is 0.161 e. The second kappa shape index (κ2) is 10.4. The van der Waals surface area contributed by atoms with Crippen LogP contribution in [0.1, 0.15) is 48.3 Å². The molecule has 200 valence electrons. The maximum Gasteiger partial charge on any atom is 0.161 e. The summed E-state index contributed by atoms with van der Waals surface area (Å²) in [7, 11) is 6.64. The van der Waals surface area contributed by atoms with Crippen molar-refractivity contribution >= 4 is 11.3 Å². The lowest BCUT2D eigenvalue weighted by Crippen LogP contribution is -2.38. The zero-order chi connectivity index (χ0) is 26.9. The van der Waals surface area contributed by atoms with Gasteiger partial charge in [0.2, 0.25) is 0 Å². The van der Waals surface area contributed by atoms with E-state index in [4.69, 9.17) is 29.7 Å². The fourth-order valence-electron chi connectivity index (χ4n) is 6.19. The van der Waals surface area contributed by atoms with Crippen molar-refractivity contribution < 1.29 is 18.9 Å². The number of rotatable bonds is 9. The fraction of sp³-hybridized carbons (Fsp3) is 0.414. The number of ether oxygens (including phenoxy) is 4. The van der Waals surface area contributed by atoms with Gasteiger partial charge >= 0.3 is 0 Å². The Morgan fingerprint density at radius 1 is 0.868 bits per heavy atom. The van der Waals surface area contributed by atoms with Gasteiger partial charge in [-0.05, 0) is 61.1 Å². The molecule has 0 amide bonds. The van der Waals surface area contributed by atoms with Crippen molar-refractivity contribution in [1.82, 2.24) is 19.6 Å².